The number of rotatable bonds is 10. The van der Waals surface area contributed by atoms with Crippen molar-refractivity contribution in [1.29, 1.82) is 0 Å². The third-order valence-corrected chi connectivity index (χ3v) is 5.38. The monoisotopic (exact) mass is 385 g/mol. The summed E-state index contributed by atoms with van der Waals surface area (Å²) in [4.78, 5) is 14.8. The van der Waals surface area contributed by atoms with E-state index in [1.807, 2.05) is 0 Å². The van der Waals surface area contributed by atoms with Crippen molar-refractivity contribution in [3.8, 4) is 0 Å². The first-order chi connectivity index (χ1) is 13.3. The molecule has 0 aromatic heterocycles. The van der Waals surface area contributed by atoms with Crippen LogP contribution in [-0.4, -0.2) is 23.4 Å². The molecule has 1 atom stereocenters. The van der Waals surface area contributed by atoms with Crippen LogP contribution in [0.2, 0.25) is 0 Å². The third kappa shape index (κ3) is 10.7. The van der Waals surface area contributed by atoms with Gasteiger partial charge in [0.1, 0.15) is 0 Å². The number of carbonyl (C=O) groups is 1. The van der Waals surface area contributed by atoms with E-state index in [4.69, 9.17) is 0 Å². The maximum absolute atomic E-state index is 12.7. The Balaban J connectivity index is 2.86. The summed E-state index contributed by atoms with van der Waals surface area (Å²) in [6.07, 6.45) is 18.7. The predicted octanol–water partition coefficient (Wildman–Crippen LogP) is 7.53. The molecule has 1 aliphatic rings. The van der Waals surface area contributed by atoms with Gasteiger partial charge in [0.2, 0.25) is 5.91 Å². The molecule has 1 rings (SSSR count). The second kappa shape index (κ2) is 13.6. The summed E-state index contributed by atoms with van der Waals surface area (Å²) in [5, 5.41) is 0. The fourth-order valence-electron chi connectivity index (χ4n) is 3.65. The normalized spacial score (nSPS) is 17.2. The van der Waals surface area contributed by atoms with E-state index >= 15 is 0 Å². The van der Waals surface area contributed by atoms with Crippen LogP contribution < -0.4 is 0 Å². The van der Waals surface area contributed by atoms with Crippen LogP contribution in [0.5, 0.6) is 0 Å². The predicted molar refractivity (Wildman–Crippen MR) is 123 cm³/mol. The van der Waals surface area contributed by atoms with Crippen molar-refractivity contribution in [2.75, 3.05) is 6.54 Å². The SMILES string of the molecule is CC(C)=CCCC(C)=CCC(C=C(C)CCC=C(C)C)N1CCCCCC1=O. The molecule has 0 aromatic carbocycles. The highest BCUT2D eigenvalue weighted by Gasteiger charge is 2.23. The highest BCUT2D eigenvalue weighted by molar-refractivity contribution is 5.77. The van der Waals surface area contributed by atoms with Crippen LogP contribution in [0.4, 0.5) is 0 Å². The fraction of sp³-hybridized carbons (Fsp3) is 0.654. The molecule has 0 aromatic rings. The first-order valence-corrected chi connectivity index (χ1v) is 11.2. The lowest BCUT2D eigenvalue weighted by Crippen LogP contribution is -2.39. The Morgan fingerprint density at radius 2 is 1.46 bits per heavy atom. The van der Waals surface area contributed by atoms with Crippen LogP contribution in [0, 0.1) is 0 Å². The van der Waals surface area contributed by atoms with Gasteiger partial charge in [0, 0.05) is 13.0 Å². The van der Waals surface area contributed by atoms with Crippen LogP contribution in [0.3, 0.4) is 0 Å². The standard InChI is InChI=1S/C26H43NO/c1-21(2)12-10-14-23(5)17-18-25(20-24(6)15-11-13-22(3)4)27-19-9-7-8-16-26(27)28/h12-13,17,20,25H,7-11,14-16,18-19H2,1-6H3. The molecular weight excluding hydrogens is 342 g/mol. The second-order valence-electron chi connectivity index (χ2n) is 8.90. The summed E-state index contributed by atoms with van der Waals surface area (Å²) in [6, 6.07) is 0.204. The van der Waals surface area contributed by atoms with Gasteiger partial charge in [0.15, 0.2) is 0 Å². The van der Waals surface area contributed by atoms with Crippen molar-refractivity contribution in [3.63, 3.8) is 0 Å². The molecule has 28 heavy (non-hydrogen) atoms. The quantitative estimate of drug-likeness (QED) is 0.356. The van der Waals surface area contributed by atoms with Gasteiger partial charge in [-0.3, -0.25) is 4.79 Å². The molecule has 2 heteroatoms. The highest BCUT2D eigenvalue weighted by Crippen LogP contribution is 2.21. The zero-order valence-electron chi connectivity index (χ0n) is 19.3. The van der Waals surface area contributed by atoms with E-state index in [0.717, 1.165) is 51.5 Å². The molecule has 0 N–H and O–H groups in total. The smallest absolute Gasteiger partial charge is 0.223 e. The van der Waals surface area contributed by atoms with Gasteiger partial charge >= 0.3 is 0 Å². The first-order valence-electron chi connectivity index (χ1n) is 11.2. The van der Waals surface area contributed by atoms with E-state index in [-0.39, 0.29) is 6.04 Å². The Bertz CT molecular complexity index is 598. The van der Waals surface area contributed by atoms with Gasteiger partial charge in [-0.25, -0.2) is 0 Å². The molecule has 1 aliphatic heterocycles. The topological polar surface area (TPSA) is 20.3 Å². The summed E-state index contributed by atoms with van der Waals surface area (Å²) in [6.45, 7) is 14.0. The van der Waals surface area contributed by atoms with E-state index in [1.54, 1.807) is 0 Å². The van der Waals surface area contributed by atoms with Gasteiger partial charge < -0.3 is 4.90 Å². The van der Waals surface area contributed by atoms with Crippen LogP contribution in [0.25, 0.3) is 0 Å². The molecule has 0 spiro atoms. The Hall–Kier alpha value is -1.57. The number of carbonyl (C=O) groups excluding carboxylic acids is 1. The molecule has 1 unspecified atom stereocenters. The number of nitrogens with zero attached hydrogens (tertiary/aromatic N) is 1. The molecule has 0 aliphatic carbocycles. The maximum Gasteiger partial charge on any atom is 0.223 e. The Morgan fingerprint density at radius 1 is 0.857 bits per heavy atom. The minimum absolute atomic E-state index is 0.204. The summed E-state index contributed by atoms with van der Waals surface area (Å²) in [5.41, 5.74) is 5.59. The van der Waals surface area contributed by atoms with Crippen LogP contribution in [-0.2, 0) is 4.79 Å². The number of likely N-dealkylation sites (tertiary alicyclic amines) is 1. The van der Waals surface area contributed by atoms with Crippen molar-refractivity contribution in [2.45, 2.75) is 105 Å². The minimum atomic E-state index is 0.204. The molecular formula is C26H43NO. The van der Waals surface area contributed by atoms with Crippen molar-refractivity contribution < 1.29 is 4.79 Å². The lowest BCUT2D eigenvalue weighted by Gasteiger charge is -2.29. The van der Waals surface area contributed by atoms with Gasteiger partial charge in [-0.2, -0.15) is 0 Å². The number of allylic oxidation sites excluding steroid dienone is 6. The number of hydrogen-bond donors (Lipinski definition) is 0. The van der Waals surface area contributed by atoms with Gasteiger partial charge in [0.25, 0.3) is 0 Å². The molecule has 1 saturated heterocycles. The van der Waals surface area contributed by atoms with E-state index < -0.39 is 0 Å². The van der Waals surface area contributed by atoms with Gasteiger partial charge in [-0.1, -0.05) is 53.0 Å². The molecule has 2 nitrogen and oxygen atoms in total. The van der Waals surface area contributed by atoms with E-state index in [9.17, 15) is 4.79 Å². The number of amides is 1. The minimum Gasteiger partial charge on any atom is -0.336 e. The van der Waals surface area contributed by atoms with Crippen LogP contribution >= 0.6 is 0 Å². The Labute approximate surface area is 174 Å². The molecule has 158 valence electrons. The van der Waals surface area contributed by atoms with E-state index in [1.165, 1.54) is 28.7 Å². The summed E-state index contributed by atoms with van der Waals surface area (Å²) >= 11 is 0. The maximum atomic E-state index is 12.7. The van der Waals surface area contributed by atoms with Crippen molar-refractivity contribution in [2.24, 2.45) is 0 Å². The largest absolute Gasteiger partial charge is 0.336 e. The molecule has 0 radical (unpaired) electrons. The summed E-state index contributed by atoms with van der Waals surface area (Å²) < 4.78 is 0. The van der Waals surface area contributed by atoms with E-state index in [2.05, 4.69) is 70.7 Å². The van der Waals surface area contributed by atoms with E-state index in [0.29, 0.717) is 12.3 Å². The van der Waals surface area contributed by atoms with Gasteiger partial charge in [-0.15, -0.1) is 0 Å². The van der Waals surface area contributed by atoms with Gasteiger partial charge in [0.05, 0.1) is 6.04 Å². The average Bonchev–Trinajstić information content (AvgIpc) is 2.82. The Kier molecular flexibility index (Phi) is 11.9. The number of hydrogen-bond acceptors (Lipinski definition) is 1. The third-order valence-electron chi connectivity index (χ3n) is 5.38. The zero-order valence-corrected chi connectivity index (χ0v) is 19.3. The van der Waals surface area contributed by atoms with Crippen molar-refractivity contribution >= 4 is 5.91 Å². The van der Waals surface area contributed by atoms with Crippen molar-refractivity contribution in [3.05, 3.63) is 46.6 Å². The Morgan fingerprint density at radius 3 is 2.07 bits per heavy atom. The van der Waals surface area contributed by atoms with Crippen LogP contribution in [0.1, 0.15) is 99.3 Å². The highest BCUT2D eigenvalue weighted by atomic mass is 16.2. The molecule has 1 fully saturated rings. The summed E-state index contributed by atoms with van der Waals surface area (Å²) in [5.74, 6) is 0.339. The molecule has 1 amide bonds. The first kappa shape index (κ1) is 24.5. The molecule has 1 heterocycles. The second-order valence-corrected chi connectivity index (χ2v) is 8.90. The lowest BCUT2D eigenvalue weighted by atomic mass is 10.0. The molecule has 0 saturated carbocycles. The van der Waals surface area contributed by atoms with Crippen molar-refractivity contribution in [1.82, 2.24) is 4.90 Å². The fourth-order valence-corrected chi connectivity index (χ4v) is 3.65. The summed E-state index contributed by atoms with van der Waals surface area (Å²) in [7, 11) is 0. The zero-order chi connectivity index (χ0) is 20.9. The molecule has 0 bridgehead atoms. The van der Waals surface area contributed by atoms with Crippen LogP contribution in [0.15, 0.2) is 46.6 Å². The average molecular weight is 386 g/mol. The van der Waals surface area contributed by atoms with Gasteiger partial charge in [-0.05, 0) is 86.5 Å². The lowest BCUT2D eigenvalue weighted by molar-refractivity contribution is -0.132.